The second-order valence-electron chi connectivity index (χ2n) is 7.35. The highest BCUT2D eigenvalue weighted by Gasteiger charge is 2.28. The first-order valence-electron chi connectivity index (χ1n) is 9.66. The highest BCUT2D eigenvalue weighted by molar-refractivity contribution is 5.81. The lowest BCUT2D eigenvalue weighted by Crippen LogP contribution is -2.55. The second kappa shape index (κ2) is 7.57. The van der Waals surface area contributed by atoms with E-state index in [-0.39, 0.29) is 11.9 Å². The number of anilines is 1. The van der Waals surface area contributed by atoms with Gasteiger partial charge in [-0.2, -0.15) is 0 Å². The van der Waals surface area contributed by atoms with E-state index < -0.39 is 0 Å². The van der Waals surface area contributed by atoms with E-state index in [9.17, 15) is 4.79 Å². The molecule has 1 saturated carbocycles. The first kappa shape index (κ1) is 17.2. The number of piperazine rings is 1. The third-order valence-corrected chi connectivity index (χ3v) is 5.71. The van der Waals surface area contributed by atoms with Crippen molar-refractivity contribution < 1.29 is 4.79 Å². The Bertz CT molecular complexity index is 747. The van der Waals surface area contributed by atoms with Gasteiger partial charge in [0.05, 0.1) is 6.04 Å². The Morgan fingerprint density at radius 3 is 2.73 bits per heavy atom. The van der Waals surface area contributed by atoms with Gasteiger partial charge in [0, 0.05) is 38.4 Å². The van der Waals surface area contributed by atoms with Crippen LogP contribution in [0.15, 0.2) is 18.6 Å². The molecule has 4 rings (SSSR count). The van der Waals surface area contributed by atoms with Gasteiger partial charge in [-0.15, -0.1) is 10.2 Å². The third-order valence-electron chi connectivity index (χ3n) is 5.71. The smallest absolute Gasteiger partial charge is 0.256 e. The largest absolute Gasteiger partial charge is 0.355 e. The summed E-state index contributed by atoms with van der Waals surface area (Å²) >= 11 is 0. The van der Waals surface area contributed by atoms with Gasteiger partial charge in [-0.3, -0.25) is 14.1 Å². The van der Waals surface area contributed by atoms with Crippen LogP contribution >= 0.6 is 0 Å². The Balaban J connectivity index is 1.34. The molecule has 1 amide bonds. The maximum atomic E-state index is 12.6. The summed E-state index contributed by atoms with van der Waals surface area (Å²) in [5.74, 6) is 1.85. The Hall–Kier alpha value is -2.22. The lowest BCUT2D eigenvalue weighted by atomic mass is 9.95. The molecule has 26 heavy (non-hydrogen) atoms. The predicted molar refractivity (Wildman–Crippen MR) is 99.0 cm³/mol. The monoisotopic (exact) mass is 357 g/mol. The van der Waals surface area contributed by atoms with Crippen molar-refractivity contribution in [2.24, 2.45) is 0 Å². The zero-order valence-electron chi connectivity index (χ0n) is 15.3. The van der Waals surface area contributed by atoms with Gasteiger partial charge in [-0.25, -0.2) is 4.98 Å². The van der Waals surface area contributed by atoms with Crippen molar-refractivity contribution in [2.75, 3.05) is 31.1 Å². The quantitative estimate of drug-likeness (QED) is 0.882. The Kier molecular flexibility index (Phi) is 5.01. The van der Waals surface area contributed by atoms with E-state index in [1.807, 2.05) is 17.4 Å². The normalized spacial score (nSPS) is 21.0. The van der Waals surface area contributed by atoms with Crippen molar-refractivity contribution in [1.82, 2.24) is 29.8 Å². The van der Waals surface area contributed by atoms with Crippen LogP contribution < -0.4 is 10.2 Å². The highest BCUT2D eigenvalue weighted by Crippen LogP contribution is 2.19. The van der Waals surface area contributed by atoms with Crippen LogP contribution in [0.5, 0.6) is 0 Å². The number of rotatable bonds is 4. The maximum absolute atomic E-state index is 12.6. The number of nitrogens with one attached hydrogen (secondary N) is 1. The molecule has 0 spiro atoms. The number of carbonyl (C=O) groups excluding carboxylic acids is 1. The summed E-state index contributed by atoms with van der Waals surface area (Å²) in [5.41, 5.74) is 0. The van der Waals surface area contributed by atoms with Crippen LogP contribution in [0.2, 0.25) is 0 Å². The minimum absolute atomic E-state index is 0.0774. The van der Waals surface area contributed by atoms with E-state index in [4.69, 9.17) is 0 Å². The van der Waals surface area contributed by atoms with Gasteiger partial charge in [0.2, 0.25) is 5.91 Å². The van der Waals surface area contributed by atoms with E-state index in [0.29, 0.717) is 11.8 Å². The van der Waals surface area contributed by atoms with Gasteiger partial charge < -0.3 is 10.2 Å². The molecule has 0 radical (unpaired) electrons. The molecular weight excluding hydrogens is 330 g/mol. The Labute approximate surface area is 153 Å². The van der Waals surface area contributed by atoms with Gasteiger partial charge in [0.15, 0.2) is 0 Å². The van der Waals surface area contributed by atoms with Crippen molar-refractivity contribution in [3.8, 4) is 0 Å². The molecule has 0 aromatic carbocycles. The number of hydrogen-bond acceptors (Lipinski definition) is 6. The number of aromatic nitrogens is 4. The summed E-state index contributed by atoms with van der Waals surface area (Å²) in [5, 5.41) is 11.2. The lowest BCUT2D eigenvalue weighted by molar-refractivity contribution is -0.127. The van der Waals surface area contributed by atoms with Gasteiger partial charge in [0.25, 0.3) is 5.78 Å². The molecule has 8 heteroatoms. The molecule has 1 aliphatic carbocycles. The van der Waals surface area contributed by atoms with Gasteiger partial charge in [-0.1, -0.05) is 19.3 Å². The van der Waals surface area contributed by atoms with E-state index in [1.165, 1.54) is 19.3 Å². The van der Waals surface area contributed by atoms with Crippen LogP contribution in [-0.2, 0) is 4.79 Å². The molecule has 1 atom stereocenters. The molecule has 3 heterocycles. The summed E-state index contributed by atoms with van der Waals surface area (Å²) < 4.78 is 1.91. The van der Waals surface area contributed by atoms with Crippen LogP contribution in [0, 0.1) is 0 Å². The maximum Gasteiger partial charge on any atom is 0.256 e. The van der Waals surface area contributed by atoms with Crippen LogP contribution in [0.1, 0.15) is 39.0 Å². The van der Waals surface area contributed by atoms with Crippen LogP contribution in [-0.4, -0.2) is 68.7 Å². The number of hydrogen-bond donors (Lipinski definition) is 1. The standard InChI is InChI=1S/C18H27N7O/c1-14(17(26)21-15-5-3-2-4-6-15)23-9-11-24(12-10-23)16-7-8-19-18-22-20-13-25(16)18/h7-8,13-15H,2-6,9-12H2,1H3,(H,21,26). The SMILES string of the molecule is CC(C(=O)NC1CCCCC1)N1CCN(c2ccnc3nncn23)CC1. The molecule has 1 unspecified atom stereocenters. The molecule has 1 saturated heterocycles. The Morgan fingerprint density at radius 2 is 1.96 bits per heavy atom. The van der Waals surface area contributed by atoms with Gasteiger partial charge in [-0.05, 0) is 25.8 Å². The van der Waals surface area contributed by atoms with E-state index >= 15 is 0 Å². The molecule has 0 bridgehead atoms. The number of nitrogens with zero attached hydrogens (tertiary/aromatic N) is 6. The van der Waals surface area contributed by atoms with Crippen molar-refractivity contribution in [1.29, 1.82) is 0 Å². The average molecular weight is 357 g/mol. The predicted octanol–water partition coefficient (Wildman–Crippen LogP) is 1.08. The second-order valence-corrected chi connectivity index (χ2v) is 7.35. The first-order chi connectivity index (χ1) is 12.7. The molecule has 1 N–H and O–H groups in total. The average Bonchev–Trinajstić information content (AvgIpc) is 3.17. The summed E-state index contributed by atoms with van der Waals surface area (Å²) in [6, 6.07) is 2.29. The zero-order chi connectivity index (χ0) is 17.9. The topological polar surface area (TPSA) is 78.7 Å². The molecule has 8 nitrogen and oxygen atoms in total. The van der Waals surface area contributed by atoms with Gasteiger partial charge >= 0.3 is 0 Å². The zero-order valence-corrected chi connectivity index (χ0v) is 15.3. The third kappa shape index (κ3) is 3.51. The minimum atomic E-state index is -0.0774. The molecular formula is C18H27N7O. The minimum Gasteiger partial charge on any atom is -0.355 e. The highest BCUT2D eigenvalue weighted by atomic mass is 16.2. The lowest BCUT2D eigenvalue weighted by Gasteiger charge is -2.39. The molecule has 2 aromatic heterocycles. The van der Waals surface area contributed by atoms with Crippen molar-refractivity contribution in [3.05, 3.63) is 18.6 Å². The number of carbonyl (C=O) groups is 1. The van der Waals surface area contributed by atoms with E-state index in [1.54, 1.807) is 12.5 Å². The van der Waals surface area contributed by atoms with Crippen LogP contribution in [0.3, 0.4) is 0 Å². The van der Waals surface area contributed by atoms with E-state index in [0.717, 1.165) is 44.8 Å². The molecule has 1 aliphatic heterocycles. The fourth-order valence-electron chi connectivity index (χ4n) is 4.06. The van der Waals surface area contributed by atoms with Crippen LogP contribution in [0.25, 0.3) is 5.78 Å². The first-order valence-corrected chi connectivity index (χ1v) is 9.66. The summed E-state index contributed by atoms with van der Waals surface area (Å²) in [4.78, 5) is 21.4. The fourth-order valence-corrected chi connectivity index (χ4v) is 4.06. The van der Waals surface area contributed by atoms with Crippen molar-refractivity contribution in [3.63, 3.8) is 0 Å². The number of amides is 1. The summed E-state index contributed by atoms with van der Waals surface area (Å²) in [7, 11) is 0. The fraction of sp³-hybridized carbons (Fsp3) is 0.667. The molecule has 2 fully saturated rings. The van der Waals surface area contributed by atoms with Crippen molar-refractivity contribution >= 4 is 17.5 Å². The van der Waals surface area contributed by atoms with E-state index in [2.05, 4.69) is 30.3 Å². The molecule has 140 valence electrons. The van der Waals surface area contributed by atoms with Crippen molar-refractivity contribution in [2.45, 2.75) is 51.1 Å². The molecule has 2 aromatic rings. The number of fused-ring (bicyclic) bond motifs is 1. The summed E-state index contributed by atoms with van der Waals surface area (Å²) in [6.45, 7) is 5.51. The van der Waals surface area contributed by atoms with Crippen LogP contribution in [0.4, 0.5) is 5.82 Å². The van der Waals surface area contributed by atoms with Gasteiger partial charge in [0.1, 0.15) is 12.1 Å². The summed E-state index contributed by atoms with van der Waals surface area (Å²) in [6.07, 6.45) is 9.50. The Morgan fingerprint density at radius 1 is 1.19 bits per heavy atom. The molecule has 2 aliphatic rings.